The number of aromatic nitrogens is 3. The van der Waals surface area contributed by atoms with Gasteiger partial charge in [0, 0.05) is 25.3 Å². The molecule has 1 amide bonds. The molecule has 2 aromatic heterocycles. The third-order valence-corrected chi connectivity index (χ3v) is 5.86. The molecule has 1 saturated heterocycles. The number of aromatic amines is 1. The fourth-order valence-corrected chi connectivity index (χ4v) is 4.46. The van der Waals surface area contributed by atoms with Gasteiger partial charge in [0.1, 0.15) is 17.8 Å². The molecule has 1 saturated carbocycles. The lowest BCUT2D eigenvalue weighted by molar-refractivity contribution is -0.121. The average Bonchev–Trinajstić information content (AvgIpc) is 3.18. The number of nitrogens with zero attached hydrogens (tertiary/aromatic N) is 3. The summed E-state index contributed by atoms with van der Waals surface area (Å²) < 4.78 is 0. The molecule has 0 bridgehead atoms. The molecule has 1 aliphatic heterocycles. The maximum absolute atomic E-state index is 12.3. The van der Waals surface area contributed by atoms with Crippen molar-refractivity contribution in [2.24, 2.45) is 5.92 Å². The lowest BCUT2D eigenvalue weighted by Crippen LogP contribution is -2.50. The van der Waals surface area contributed by atoms with Gasteiger partial charge in [-0.2, -0.15) is 0 Å². The minimum Gasteiger partial charge on any atom is -0.354 e. The molecule has 1 aliphatic carbocycles. The molecule has 1 unspecified atom stereocenters. The topological polar surface area (TPSA) is 85.9 Å². The van der Waals surface area contributed by atoms with E-state index in [0.717, 1.165) is 55.2 Å². The molecule has 3 heterocycles. The molecule has 3 N–H and O–H groups in total. The zero-order chi connectivity index (χ0) is 18.5. The number of amides is 1. The number of hydrogen-bond acceptors (Lipinski definition) is 5. The maximum Gasteiger partial charge on any atom is 0.234 e. The van der Waals surface area contributed by atoms with E-state index in [9.17, 15) is 4.79 Å². The Kier molecular flexibility index (Phi) is 5.87. The van der Waals surface area contributed by atoms with Crippen LogP contribution in [0.3, 0.4) is 0 Å². The standard InChI is InChI=1S/C20H30N6O/c27-18(12-21-11-15-5-2-1-3-6-15)25-16-7-4-10-26(13-16)20-17-8-9-22-19(17)23-14-24-20/h8-9,14-16,21H,1-7,10-13H2,(H,25,27)(H,22,23,24). The molecule has 0 spiro atoms. The molecule has 0 radical (unpaired) electrons. The lowest BCUT2D eigenvalue weighted by Gasteiger charge is -2.34. The SMILES string of the molecule is O=C(CNCC1CCCCC1)NC1CCCN(c2ncnc3[nH]ccc23)C1. The van der Waals surface area contributed by atoms with Crippen molar-refractivity contribution >= 4 is 22.8 Å². The highest BCUT2D eigenvalue weighted by molar-refractivity contribution is 5.87. The zero-order valence-corrected chi connectivity index (χ0v) is 15.9. The largest absolute Gasteiger partial charge is 0.354 e. The molecule has 2 aliphatic rings. The molecule has 27 heavy (non-hydrogen) atoms. The Morgan fingerprint density at radius 1 is 1.19 bits per heavy atom. The van der Waals surface area contributed by atoms with E-state index in [2.05, 4.69) is 30.5 Å². The molecule has 0 aromatic carbocycles. The van der Waals surface area contributed by atoms with Gasteiger partial charge in [0.05, 0.1) is 11.9 Å². The highest BCUT2D eigenvalue weighted by Gasteiger charge is 2.24. The second kappa shape index (κ2) is 8.69. The third kappa shape index (κ3) is 4.58. The Bertz CT molecular complexity index is 754. The first kappa shape index (κ1) is 18.2. The number of carbonyl (C=O) groups excluding carboxylic acids is 1. The van der Waals surface area contributed by atoms with E-state index in [1.54, 1.807) is 6.33 Å². The predicted octanol–water partition coefficient (Wildman–Crippen LogP) is 2.21. The van der Waals surface area contributed by atoms with Crippen LogP contribution in [0.5, 0.6) is 0 Å². The normalized spacial score (nSPS) is 21.5. The van der Waals surface area contributed by atoms with Crippen LogP contribution in [0.25, 0.3) is 11.0 Å². The van der Waals surface area contributed by atoms with E-state index < -0.39 is 0 Å². The van der Waals surface area contributed by atoms with Crippen LogP contribution >= 0.6 is 0 Å². The Balaban J connectivity index is 1.27. The van der Waals surface area contributed by atoms with E-state index in [1.165, 1.54) is 32.1 Å². The van der Waals surface area contributed by atoms with Crippen LogP contribution in [0.2, 0.25) is 0 Å². The molecule has 4 rings (SSSR count). The highest BCUT2D eigenvalue weighted by Crippen LogP contribution is 2.25. The number of fused-ring (bicyclic) bond motifs is 1. The van der Waals surface area contributed by atoms with Crippen LogP contribution in [-0.4, -0.2) is 53.1 Å². The fraction of sp³-hybridized carbons (Fsp3) is 0.650. The summed E-state index contributed by atoms with van der Waals surface area (Å²) in [5.41, 5.74) is 0.859. The fourth-order valence-electron chi connectivity index (χ4n) is 4.46. The monoisotopic (exact) mass is 370 g/mol. The molecular formula is C20H30N6O. The van der Waals surface area contributed by atoms with Crippen molar-refractivity contribution in [2.75, 3.05) is 31.1 Å². The van der Waals surface area contributed by atoms with Crippen LogP contribution in [0, 0.1) is 5.92 Å². The quantitative estimate of drug-likeness (QED) is 0.726. The molecule has 146 valence electrons. The van der Waals surface area contributed by atoms with E-state index in [1.807, 2.05) is 12.3 Å². The summed E-state index contributed by atoms with van der Waals surface area (Å²) in [5.74, 6) is 1.81. The van der Waals surface area contributed by atoms with Crippen molar-refractivity contribution in [2.45, 2.75) is 51.0 Å². The van der Waals surface area contributed by atoms with Gasteiger partial charge in [0.25, 0.3) is 0 Å². The Morgan fingerprint density at radius 2 is 2.07 bits per heavy atom. The lowest BCUT2D eigenvalue weighted by atomic mass is 9.89. The minimum absolute atomic E-state index is 0.104. The second-order valence-electron chi connectivity index (χ2n) is 7.92. The summed E-state index contributed by atoms with van der Waals surface area (Å²) >= 11 is 0. The van der Waals surface area contributed by atoms with Gasteiger partial charge >= 0.3 is 0 Å². The van der Waals surface area contributed by atoms with Crippen LogP contribution in [-0.2, 0) is 4.79 Å². The van der Waals surface area contributed by atoms with Gasteiger partial charge in [0.15, 0.2) is 0 Å². The number of piperidine rings is 1. The number of anilines is 1. The van der Waals surface area contributed by atoms with Gasteiger partial charge in [0.2, 0.25) is 5.91 Å². The third-order valence-electron chi connectivity index (χ3n) is 5.86. The van der Waals surface area contributed by atoms with Crippen LogP contribution in [0.15, 0.2) is 18.6 Å². The molecule has 2 fully saturated rings. The number of H-pyrrole nitrogens is 1. The summed E-state index contributed by atoms with van der Waals surface area (Å²) in [6, 6.07) is 2.19. The first-order chi connectivity index (χ1) is 13.3. The van der Waals surface area contributed by atoms with E-state index in [-0.39, 0.29) is 11.9 Å². The predicted molar refractivity (Wildman–Crippen MR) is 107 cm³/mol. The molecule has 7 nitrogen and oxygen atoms in total. The van der Waals surface area contributed by atoms with Gasteiger partial charge in [-0.1, -0.05) is 19.3 Å². The van der Waals surface area contributed by atoms with Gasteiger partial charge in [-0.15, -0.1) is 0 Å². The van der Waals surface area contributed by atoms with E-state index in [4.69, 9.17) is 0 Å². The Morgan fingerprint density at radius 3 is 2.96 bits per heavy atom. The summed E-state index contributed by atoms with van der Waals surface area (Å²) in [5, 5.41) is 7.60. The second-order valence-corrected chi connectivity index (χ2v) is 7.92. The van der Waals surface area contributed by atoms with Gasteiger partial charge < -0.3 is 20.5 Å². The Labute approximate surface area is 160 Å². The van der Waals surface area contributed by atoms with Crippen LogP contribution in [0.4, 0.5) is 5.82 Å². The molecule has 2 aromatic rings. The van der Waals surface area contributed by atoms with Crippen LogP contribution < -0.4 is 15.5 Å². The smallest absolute Gasteiger partial charge is 0.234 e. The number of hydrogen-bond donors (Lipinski definition) is 3. The summed E-state index contributed by atoms with van der Waals surface area (Å²) in [7, 11) is 0. The first-order valence-electron chi connectivity index (χ1n) is 10.3. The maximum atomic E-state index is 12.3. The summed E-state index contributed by atoms with van der Waals surface area (Å²) in [6.07, 6.45) is 12.2. The average molecular weight is 371 g/mol. The van der Waals surface area contributed by atoms with Gasteiger partial charge in [-0.25, -0.2) is 9.97 Å². The van der Waals surface area contributed by atoms with Gasteiger partial charge in [-0.05, 0) is 44.2 Å². The Hall–Kier alpha value is -2.15. The highest BCUT2D eigenvalue weighted by atomic mass is 16.2. The van der Waals surface area contributed by atoms with E-state index in [0.29, 0.717) is 6.54 Å². The van der Waals surface area contributed by atoms with Crippen molar-refractivity contribution in [1.29, 1.82) is 0 Å². The molecule has 7 heteroatoms. The number of nitrogens with one attached hydrogen (secondary N) is 3. The first-order valence-corrected chi connectivity index (χ1v) is 10.3. The van der Waals surface area contributed by atoms with Crippen LogP contribution in [0.1, 0.15) is 44.9 Å². The minimum atomic E-state index is 0.104. The van der Waals surface area contributed by atoms with Crippen molar-refractivity contribution in [3.05, 3.63) is 18.6 Å². The van der Waals surface area contributed by atoms with Crippen molar-refractivity contribution in [1.82, 2.24) is 25.6 Å². The zero-order valence-electron chi connectivity index (χ0n) is 15.9. The summed E-state index contributed by atoms with van der Waals surface area (Å²) in [6.45, 7) is 3.15. The van der Waals surface area contributed by atoms with Crippen molar-refractivity contribution in [3.63, 3.8) is 0 Å². The van der Waals surface area contributed by atoms with Crippen molar-refractivity contribution in [3.8, 4) is 0 Å². The number of carbonyl (C=O) groups is 1. The molecule has 1 atom stereocenters. The van der Waals surface area contributed by atoms with Crippen molar-refractivity contribution < 1.29 is 4.79 Å². The number of rotatable bonds is 6. The van der Waals surface area contributed by atoms with Gasteiger partial charge in [-0.3, -0.25) is 4.79 Å². The molecular weight excluding hydrogens is 340 g/mol. The summed E-state index contributed by atoms with van der Waals surface area (Å²) in [4.78, 5) is 26.5. The van der Waals surface area contributed by atoms with E-state index >= 15 is 0 Å².